The Balaban J connectivity index is 1.61. The first-order chi connectivity index (χ1) is 19.0. The highest BCUT2D eigenvalue weighted by Gasteiger charge is 2.31. The van der Waals surface area contributed by atoms with Crippen LogP contribution >= 0.6 is 11.9 Å². The van der Waals surface area contributed by atoms with Gasteiger partial charge in [0, 0.05) is 56.2 Å². The SMILES string of the molecule is C/C(N)=C(\c1cnc2c3ccc(SN4CCCC4)nc3n([C@H](c3ccccc3)C3CCOCC3)c2c1)N(C)N. The van der Waals surface area contributed by atoms with Gasteiger partial charge in [0.1, 0.15) is 10.7 Å². The van der Waals surface area contributed by atoms with Crippen molar-refractivity contribution in [2.45, 2.75) is 43.7 Å². The van der Waals surface area contributed by atoms with E-state index in [4.69, 9.17) is 26.3 Å². The molecule has 1 atom stereocenters. The minimum Gasteiger partial charge on any atom is -0.401 e. The monoisotopic (exact) mass is 543 g/mol. The van der Waals surface area contributed by atoms with Crippen molar-refractivity contribution in [3.8, 4) is 0 Å². The molecule has 5 heterocycles. The second kappa shape index (κ2) is 11.2. The maximum absolute atomic E-state index is 6.28. The topological polar surface area (TPSA) is 98.5 Å². The summed E-state index contributed by atoms with van der Waals surface area (Å²) in [4.78, 5) is 10.3. The predicted octanol–water partition coefficient (Wildman–Crippen LogP) is 5.16. The molecule has 204 valence electrons. The molecule has 8 nitrogen and oxygen atoms in total. The second-order valence-electron chi connectivity index (χ2n) is 10.7. The molecule has 39 heavy (non-hydrogen) atoms. The van der Waals surface area contributed by atoms with Crippen molar-refractivity contribution >= 4 is 39.7 Å². The Morgan fingerprint density at radius 1 is 1.10 bits per heavy atom. The van der Waals surface area contributed by atoms with Crippen molar-refractivity contribution in [1.29, 1.82) is 0 Å². The van der Waals surface area contributed by atoms with Crippen LogP contribution in [-0.4, -0.2) is 57.2 Å². The summed E-state index contributed by atoms with van der Waals surface area (Å²) in [5.41, 5.74) is 12.8. The molecule has 1 aromatic carbocycles. The van der Waals surface area contributed by atoms with E-state index in [2.05, 4.69) is 57.4 Å². The van der Waals surface area contributed by atoms with Crippen LogP contribution in [0.2, 0.25) is 0 Å². The lowest BCUT2D eigenvalue weighted by Gasteiger charge is -2.33. The number of nitrogens with two attached hydrogens (primary N) is 2. The minimum absolute atomic E-state index is 0.0914. The van der Waals surface area contributed by atoms with Crippen LogP contribution in [0.1, 0.15) is 49.8 Å². The van der Waals surface area contributed by atoms with E-state index in [9.17, 15) is 0 Å². The summed E-state index contributed by atoms with van der Waals surface area (Å²) >= 11 is 1.76. The maximum atomic E-state index is 6.28. The number of hydrogen-bond acceptors (Lipinski definition) is 8. The molecule has 9 heteroatoms. The molecule has 3 aromatic heterocycles. The molecule has 0 spiro atoms. The van der Waals surface area contributed by atoms with Crippen LogP contribution in [0.5, 0.6) is 0 Å². The van der Waals surface area contributed by atoms with E-state index in [0.717, 1.165) is 77.5 Å². The molecule has 0 bridgehead atoms. The van der Waals surface area contributed by atoms with Gasteiger partial charge in [0.15, 0.2) is 0 Å². The lowest BCUT2D eigenvalue weighted by molar-refractivity contribution is 0.0552. The van der Waals surface area contributed by atoms with Crippen LogP contribution in [0, 0.1) is 5.92 Å². The number of hydrazine groups is 1. The van der Waals surface area contributed by atoms with Crippen molar-refractivity contribution < 1.29 is 4.74 Å². The summed E-state index contributed by atoms with van der Waals surface area (Å²) in [6, 6.07) is 17.4. The zero-order valence-corrected chi connectivity index (χ0v) is 23.5. The fourth-order valence-corrected chi connectivity index (χ4v) is 7.12. The van der Waals surface area contributed by atoms with Gasteiger partial charge in [0.2, 0.25) is 0 Å². The third-order valence-corrected chi connectivity index (χ3v) is 8.92. The molecule has 2 fully saturated rings. The normalized spacial score (nSPS) is 18.5. The Kier molecular flexibility index (Phi) is 7.49. The standard InChI is InChI=1S/C30H37N7OS/c1-20(31)28(35(2)32)23-18-25-27(33-19-23)24-10-11-26(39-36-14-6-7-15-36)34-30(24)37(25)29(21-8-4-3-5-9-21)22-12-16-38-17-13-22/h3-5,8-11,18-19,22,29H,6-7,12-17,31-32H2,1-2H3/b28-20-/t29-/m1/s1. The minimum atomic E-state index is 0.0914. The summed E-state index contributed by atoms with van der Waals surface area (Å²) in [5.74, 6) is 6.63. The van der Waals surface area contributed by atoms with E-state index in [1.54, 1.807) is 17.0 Å². The number of pyridine rings is 2. The van der Waals surface area contributed by atoms with Crippen LogP contribution in [0.15, 0.2) is 65.5 Å². The predicted molar refractivity (Wildman–Crippen MR) is 159 cm³/mol. The van der Waals surface area contributed by atoms with E-state index in [1.165, 1.54) is 18.4 Å². The van der Waals surface area contributed by atoms with E-state index in [-0.39, 0.29) is 6.04 Å². The average Bonchev–Trinajstić information content (AvgIpc) is 3.56. The number of nitrogens with zero attached hydrogens (tertiary/aromatic N) is 5. The van der Waals surface area contributed by atoms with Crippen molar-refractivity contribution in [2.24, 2.45) is 17.5 Å². The highest BCUT2D eigenvalue weighted by molar-refractivity contribution is 7.97. The Morgan fingerprint density at radius 2 is 1.85 bits per heavy atom. The zero-order chi connectivity index (χ0) is 26.9. The largest absolute Gasteiger partial charge is 0.401 e. The van der Waals surface area contributed by atoms with E-state index < -0.39 is 0 Å². The number of hydrogen-bond donors (Lipinski definition) is 2. The van der Waals surface area contributed by atoms with Crippen molar-refractivity contribution in [3.63, 3.8) is 0 Å². The molecule has 4 N–H and O–H groups in total. The Bertz CT molecular complexity index is 1480. The lowest BCUT2D eigenvalue weighted by Crippen LogP contribution is -2.27. The molecule has 0 radical (unpaired) electrons. The molecular weight excluding hydrogens is 506 g/mol. The summed E-state index contributed by atoms with van der Waals surface area (Å²) in [5, 5.41) is 3.65. The van der Waals surface area contributed by atoms with Gasteiger partial charge in [-0.2, -0.15) is 0 Å². The first-order valence-corrected chi connectivity index (χ1v) is 14.6. The van der Waals surface area contributed by atoms with Gasteiger partial charge in [-0.3, -0.25) is 4.98 Å². The van der Waals surface area contributed by atoms with Gasteiger partial charge < -0.3 is 20.0 Å². The van der Waals surface area contributed by atoms with Crippen LogP contribution in [0.4, 0.5) is 0 Å². The fourth-order valence-electron chi connectivity index (χ4n) is 6.15. The first kappa shape index (κ1) is 26.1. The van der Waals surface area contributed by atoms with Crippen LogP contribution in [0.25, 0.3) is 27.8 Å². The summed E-state index contributed by atoms with van der Waals surface area (Å²) in [6.07, 6.45) is 6.35. The molecule has 4 aromatic rings. The fraction of sp³-hybridized carbons (Fsp3) is 0.400. The number of ether oxygens (including phenoxy) is 1. The summed E-state index contributed by atoms with van der Waals surface area (Å²) < 4.78 is 10.6. The van der Waals surface area contributed by atoms with E-state index >= 15 is 0 Å². The van der Waals surface area contributed by atoms with Crippen molar-refractivity contribution in [2.75, 3.05) is 33.4 Å². The van der Waals surface area contributed by atoms with E-state index in [1.807, 2.05) is 20.2 Å². The Hall–Kier alpha value is -3.11. The van der Waals surface area contributed by atoms with Crippen molar-refractivity contribution in [3.05, 3.63) is 71.6 Å². The molecule has 0 unspecified atom stereocenters. The average molecular weight is 544 g/mol. The van der Waals surface area contributed by atoms with E-state index in [0.29, 0.717) is 11.6 Å². The van der Waals surface area contributed by atoms with Crippen molar-refractivity contribution in [1.82, 2.24) is 23.8 Å². The van der Waals surface area contributed by atoms with Crippen LogP contribution in [0.3, 0.4) is 0 Å². The highest BCUT2D eigenvalue weighted by atomic mass is 32.2. The number of rotatable bonds is 7. The molecule has 0 amide bonds. The van der Waals surface area contributed by atoms with Gasteiger partial charge in [-0.15, -0.1) is 0 Å². The summed E-state index contributed by atoms with van der Waals surface area (Å²) in [6.45, 7) is 5.63. The van der Waals surface area contributed by atoms with Gasteiger partial charge >= 0.3 is 0 Å². The van der Waals surface area contributed by atoms with Gasteiger partial charge in [-0.05, 0) is 74.2 Å². The Morgan fingerprint density at radius 3 is 2.54 bits per heavy atom. The molecule has 2 saturated heterocycles. The summed E-state index contributed by atoms with van der Waals surface area (Å²) in [7, 11) is 1.81. The first-order valence-electron chi connectivity index (χ1n) is 13.8. The number of allylic oxidation sites excluding steroid dienone is 1. The third kappa shape index (κ3) is 5.12. The maximum Gasteiger partial charge on any atom is 0.144 e. The van der Waals surface area contributed by atoms with Gasteiger partial charge in [-0.25, -0.2) is 15.1 Å². The lowest BCUT2D eigenvalue weighted by atomic mass is 9.86. The smallest absolute Gasteiger partial charge is 0.144 e. The number of benzene rings is 1. The third-order valence-electron chi connectivity index (χ3n) is 7.88. The molecule has 2 aliphatic rings. The second-order valence-corrected chi connectivity index (χ2v) is 11.8. The number of fused-ring (bicyclic) bond motifs is 3. The molecule has 0 aliphatic carbocycles. The molecule has 2 aliphatic heterocycles. The van der Waals surface area contributed by atoms with Crippen LogP contribution < -0.4 is 11.6 Å². The molecule has 6 rings (SSSR count). The zero-order valence-electron chi connectivity index (χ0n) is 22.7. The Labute approximate surface area is 234 Å². The highest BCUT2D eigenvalue weighted by Crippen LogP contribution is 2.41. The van der Waals surface area contributed by atoms with Gasteiger partial charge in [-0.1, -0.05) is 30.3 Å². The molecular formula is C30H37N7OS. The van der Waals surface area contributed by atoms with Gasteiger partial charge in [0.25, 0.3) is 0 Å². The number of aromatic nitrogens is 3. The van der Waals surface area contributed by atoms with Crippen LogP contribution in [-0.2, 0) is 4.74 Å². The van der Waals surface area contributed by atoms with Gasteiger partial charge in [0.05, 0.1) is 22.8 Å². The quantitative estimate of drug-likeness (QED) is 0.187. The molecule has 0 saturated carbocycles.